The fourth-order valence-electron chi connectivity index (χ4n) is 1.89. The number of carbonyl (C=O) groups is 1. The van der Waals surface area contributed by atoms with E-state index in [4.69, 9.17) is 0 Å². The zero-order valence-electron chi connectivity index (χ0n) is 11.0. The monoisotopic (exact) mass is 463 g/mol. The number of halogens is 3. The molecule has 0 amide bonds. The Morgan fingerprint density at radius 3 is 2.65 bits per heavy atom. The molecule has 2 aromatic heterocycles. The Bertz CT molecular complexity index is 667. The fraction of sp³-hybridized carbons (Fsp3) is 0.308. The Hall–Kier alpha value is -0.530. The van der Waals surface area contributed by atoms with Crippen molar-refractivity contribution < 1.29 is 4.79 Å². The van der Waals surface area contributed by atoms with Gasteiger partial charge < -0.3 is 0 Å². The first-order chi connectivity index (χ1) is 9.43. The third-order valence-corrected chi connectivity index (χ3v) is 4.92. The number of ketones is 1. The summed E-state index contributed by atoms with van der Waals surface area (Å²) < 4.78 is 4.24. The van der Waals surface area contributed by atoms with Crippen LogP contribution in [-0.4, -0.2) is 20.5 Å². The zero-order valence-corrected chi connectivity index (χ0v) is 15.7. The van der Waals surface area contributed by atoms with E-state index < -0.39 is 0 Å². The lowest BCUT2D eigenvalue weighted by molar-refractivity contribution is 0.0984. The van der Waals surface area contributed by atoms with E-state index in [9.17, 15) is 4.79 Å². The number of carbonyl (C=O) groups excluding carboxylic acids is 1. The predicted molar refractivity (Wildman–Crippen MR) is 88.0 cm³/mol. The van der Waals surface area contributed by atoms with Crippen LogP contribution in [0.1, 0.15) is 28.8 Å². The minimum atomic E-state index is -0.0420. The number of hydrogen-bond donors (Lipinski definition) is 0. The second kappa shape index (κ2) is 6.49. The van der Waals surface area contributed by atoms with Crippen molar-refractivity contribution in [2.24, 2.45) is 0 Å². The topological polar surface area (TPSA) is 47.8 Å². The molecule has 0 N–H and O–H groups in total. The van der Waals surface area contributed by atoms with Gasteiger partial charge in [0, 0.05) is 21.7 Å². The normalized spacial score (nSPS) is 10.8. The van der Waals surface area contributed by atoms with Crippen LogP contribution < -0.4 is 0 Å². The molecule has 0 fully saturated rings. The average molecular weight is 466 g/mol. The Kier molecular flexibility index (Phi) is 5.14. The number of rotatable bonds is 4. The van der Waals surface area contributed by atoms with Gasteiger partial charge in [0.1, 0.15) is 5.69 Å². The number of aromatic nitrogens is 3. The van der Waals surface area contributed by atoms with Crippen LogP contribution in [0.25, 0.3) is 0 Å². The number of pyridine rings is 1. The van der Waals surface area contributed by atoms with Crippen LogP contribution in [-0.2, 0) is 13.0 Å². The van der Waals surface area contributed by atoms with Crippen LogP contribution in [0.5, 0.6) is 0 Å². The molecule has 7 heteroatoms. The summed E-state index contributed by atoms with van der Waals surface area (Å²) in [5, 5.41) is 4.39. The predicted octanol–water partition coefficient (Wildman–Crippen LogP) is 4.32. The molecule has 20 heavy (non-hydrogen) atoms. The maximum atomic E-state index is 12.4. The Morgan fingerprint density at radius 2 is 2.05 bits per heavy atom. The molecular formula is C13H12Br3N3O. The minimum Gasteiger partial charge on any atom is -0.292 e. The number of nitrogens with zero attached hydrogens (tertiary/aromatic N) is 3. The van der Waals surface area contributed by atoms with Crippen molar-refractivity contribution in [1.82, 2.24) is 14.8 Å². The van der Waals surface area contributed by atoms with Crippen molar-refractivity contribution in [3.05, 3.63) is 42.8 Å². The zero-order chi connectivity index (χ0) is 14.9. The molecule has 0 bridgehead atoms. The quantitative estimate of drug-likeness (QED) is 0.632. The lowest BCUT2D eigenvalue weighted by Crippen LogP contribution is -2.12. The van der Waals surface area contributed by atoms with E-state index >= 15 is 0 Å². The smallest absolute Gasteiger partial charge is 0.188 e. The van der Waals surface area contributed by atoms with Crippen LogP contribution in [0.15, 0.2) is 25.7 Å². The van der Waals surface area contributed by atoms with Crippen LogP contribution in [0.2, 0.25) is 0 Å². The molecule has 0 aliphatic heterocycles. The molecule has 0 aromatic carbocycles. The summed E-state index contributed by atoms with van der Waals surface area (Å²) in [4.78, 5) is 16.6. The van der Waals surface area contributed by atoms with Crippen molar-refractivity contribution in [3.8, 4) is 0 Å². The molecule has 0 aliphatic carbocycles. The summed E-state index contributed by atoms with van der Waals surface area (Å²) in [6, 6.07) is 1.82. The van der Waals surface area contributed by atoms with Gasteiger partial charge in [0.2, 0.25) is 0 Å². The van der Waals surface area contributed by atoms with Gasteiger partial charge in [-0.3, -0.25) is 14.5 Å². The molecule has 2 heterocycles. The molecule has 0 atom stereocenters. The second-order valence-electron chi connectivity index (χ2n) is 4.25. The highest BCUT2D eigenvalue weighted by Gasteiger charge is 2.19. The molecule has 2 rings (SSSR count). The first kappa shape index (κ1) is 15.9. The molecule has 2 aromatic rings. The van der Waals surface area contributed by atoms with Gasteiger partial charge in [-0.1, -0.05) is 0 Å². The highest BCUT2D eigenvalue weighted by atomic mass is 79.9. The first-order valence-corrected chi connectivity index (χ1v) is 8.38. The molecule has 0 unspecified atom stereocenters. The highest BCUT2D eigenvalue weighted by Crippen LogP contribution is 2.25. The van der Waals surface area contributed by atoms with Gasteiger partial charge >= 0.3 is 0 Å². The van der Waals surface area contributed by atoms with E-state index in [1.807, 2.05) is 24.6 Å². The lowest BCUT2D eigenvalue weighted by Gasteiger charge is -2.06. The summed E-state index contributed by atoms with van der Waals surface area (Å²) in [6.45, 7) is 4.64. The van der Waals surface area contributed by atoms with E-state index in [0.717, 1.165) is 26.9 Å². The standard InChI is InChI=1S/C13H12Br3N3O/c1-3-19-10(12(16)7(2)18-19)5-11(20)13-9(15)4-8(14)6-17-13/h4,6H,3,5H2,1-2H3. The molecule has 0 radical (unpaired) electrons. The lowest BCUT2D eigenvalue weighted by atomic mass is 10.1. The Labute approximate surface area is 142 Å². The average Bonchev–Trinajstić information content (AvgIpc) is 2.66. The van der Waals surface area contributed by atoms with E-state index in [2.05, 4.69) is 57.9 Å². The van der Waals surface area contributed by atoms with Crippen LogP contribution in [0.4, 0.5) is 0 Å². The van der Waals surface area contributed by atoms with Crippen molar-refractivity contribution in [2.45, 2.75) is 26.8 Å². The van der Waals surface area contributed by atoms with Crippen molar-refractivity contribution in [3.63, 3.8) is 0 Å². The first-order valence-electron chi connectivity index (χ1n) is 6.00. The molecule has 0 aliphatic rings. The van der Waals surface area contributed by atoms with Crippen molar-refractivity contribution in [1.29, 1.82) is 0 Å². The SMILES string of the molecule is CCn1nc(C)c(Br)c1CC(=O)c1ncc(Br)cc1Br. The van der Waals surface area contributed by atoms with Gasteiger partial charge in [0.15, 0.2) is 5.78 Å². The minimum absolute atomic E-state index is 0.0420. The van der Waals surface area contributed by atoms with Gasteiger partial charge in [-0.2, -0.15) is 5.10 Å². The second-order valence-corrected chi connectivity index (χ2v) is 6.81. The third kappa shape index (κ3) is 3.20. The van der Waals surface area contributed by atoms with E-state index in [1.54, 1.807) is 6.20 Å². The molecule has 106 valence electrons. The molecular weight excluding hydrogens is 454 g/mol. The van der Waals surface area contributed by atoms with Gasteiger partial charge in [-0.15, -0.1) is 0 Å². The van der Waals surface area contributed by atoms with Crippen molar-refractivity contribution in [2.75, 3.05) is 0 Å². The number of hydrogen-bond acceptors (Lipinski definition) is 3. The summed E-state index contributed by atoms with van der Waals surface area (Å²) in [7, 11) is 0. The maximum absolute atomic E-state index is 12.4. The number of aryl methyl sites for hydroxylation is 2. The van der Waals surface area contributed by atoms with Gasteiger partial charge in [-0.05, 0) is 67.7 Å². The largest absolute Gasteiger partial charge is 0.292 e. The maximum Gasteiger partial charge on any atom is 0.188 e. The van der Waals surface area contributed by atoms with E-state index in [-0.39, 0.29) is 12.2 Å². The van der Waals surface area contributed by atoms with Gasteiger partial charge in [0.25, 0.3) is 0 Å². The summed E-state index contributed by atoms with van der Waals surface area (Å²) in [6.07, 6.45) is 1.89. The van der Waals surface area contributed by atoms with Gasteiger partial charge in [0.05, 0.1) is 22.3 Å². The molecule has 0 saturated carbocycles. The summed E-state index contributed by atoms with van der Waals surface area (Å²) in [5.74, 6) is -0.0420. The Morgan fingerprint density at radius 1 is 1.35 bits per heavy atom. The summed E-state index contributed by atoms with van der Waals surface area (Å²) >= 11 is 10.2. The van der Waals surface area contributed by atoms with Crippen LogP contribution in [0.3, 0.4) is 0 Å². The molecule has 4 nitrogen and oxygen atoms in total. The highest BCUT2D eigenvalue weighted by molar-refractivity contribution is 9.11. The Balaban J connectivity index is 2.32. The molecule has 0 spiro atoms. The number of Topliss-reactive ketones (excluding diaryl/α,β-unsaturated/α-hetero) is 1. The summed E-state index contributed by atoms with van der Waals surface area (Å²) in [5.41, 5.74) is 2.20. The van der Waals surface area contributed by atoms with Crippen LogP contribution in [0, 0.1) is 6.92 Å². The van der Waals surface area contributed by atoms with Crippen molar-refractivity contribution >= 4 is 53.6 Å². The van der Waals surface area contributed by atoms with Gasteiger partial charge in [-0.25, -0.2) is 0 Å². The third-order valence-electron chi connectivity index (χ3n) is 2.85. The van der Waals surface area contributed by atoms with E-state index in [1.165, 1.54) is 0 Å². The van der Waals surface area contributed by atoms with Crippen LogP contribution >= 0.6 is 47.8 Å². The van der Waals surface area contributed by atoms with E-state index in [0.29, 0.717) is 10.2 Å². The fourth-order valence-corrected chi connectivity index (χ4v) is 3.53. The molecule has 0 saturated heterocycles.